The number of rotatable bonds is 4. The molecule has 0 aromatic carbocycles. The van der Waals surface area contributed by atoms with Crippen LogP contribution in [0.5, 0.6) is 0 Å². The summed E-state index contributed by atoms with van der Waals surface area (Å²) < 4.78 is 0. The minimum Gasteiger partial charge on any atom is -0.393 e. The molecule has 3 atom stereocenters. The molecule has 0 bridgehead atoms. The van der Waals surface area contributed by atoms with E-state index in [0.717, 1.165) is 38.8 Å². The van der Waals surface area contributed by atoms with Crippen LogP contribution in [0.15, 0.2) is 0 Å². The van der Waals surface area contributed by atoms with Crippen LogP contribution in [0.3, 0.4) is 0 Å². The number of nitrogens with one attached hydrogen (secondary N) is 1. The fourth-order valence-corrected chi connectivity index (χ4v) is 3.52. The molecule has 4 heteroatoms. The number of likely N-dealkylation sites (tertiary alicyclic amines) is 1. The molecule has 0 radical (unpaired) electrons. The number of hydrogen-bond acceptors (Lipinski definition) is 3. The van der Waals surface area contributed by atoms with Gasteiger partial charge in [0.05, 0.1) is 12.1 Å². The molecule has 0 spiro atoms. The summed E-state index contributed by atoms with van der Waals surface area (Å²) in [4.78, 5) is 14.6. The first-order valence-electron chi connectivity index (χ1n) is 8.30. The van der Waals surface area contributed by atoms with E-state index in [2.05, 4.69) is 10.2 Å². The predicted octanol–water partition coefficient (Wildman–Crippen LogP) is 1.92. The highest BCUT2D eigenvalue weighted by atomic mass is 16.3. The molecule has 20 heavy (non-hydrogen) atoms. The number of piperidine rings is 1. The molecule has 116 valence electrons. The van der Waals surface area contributed by atoms with Gasteiger partial charge in [0.25, 0.3) is 0 Å². The van der Waals surface area contributed by atoms with Gasteiger partial charge in [0.2, 0.25) is 5.91 Å². The Bertz CT molecular complexity index is 314. The van der Waals surface area contributed by atoms with E-state index in [1.165, 1.54) is 19.3 Å². The van der Waals surface area contributed by atoms with Crippen molar-refractivity contribution >= 4 is 5.91 Å². The SMILES string of the molecule is CC(O)C1CCCN(C(C)C(=O)NC2CCCCC2)C1. The van der Waals surface area contributed by atoms with Crippen molar-refractivity contribution < 1.29 is 9.90 Å². The van der Waals surface area contributed by atoms with E-state index >= 15 is 0 Å². The van der Waals surface area contributed by atoms with Gasteiger partial charge in [0.15, 0.2) is 0 Å². The first-order chi connectivity index (χ1) is 9.58. The van der Waals surface area contributed by atoms with Crippen molar-refractivity contribution in [3.63, 3.8) is 0 Å². The molecule has 2 rings (SSSR count). The maximum absolute atomic E-state index is 12.4. The molecule has 1 saturated carbocycles. The predicted molar refractivity (Wildman–Crippen MR) is 80.5 cm³/mol. The van der Waals surface area contributed by atoms with Crippen LogP contribution in [-0.2, 0) is 4.79 Å². The van der Waals surface area contributed by atoms with E-state index in [0.29, 0.717) is 12.0 Å². The van der Waals surface area contributed by atoms with Crippen molar-refractivity contribution in [3.05, 3.63) is 0 Å². The number of aliphatic hydroxyl groups excluding tert-OH is 1. The second-order valence-electron chi connectivity index (χ2n) is 6.66. The topological polar surface area (TPSA) is 52.6 Å². The molecule has 1 aliphatic heterocycles. The van der Waals surface area contributed by atoms with Crippen LogP contribution in [-0.4, -0.2) is 47.2 Å². The largest absolute Gasteiger partial charge is 0.393 e. The summed E-state index contributed by atoms with van der Waals surface area (Å²) in [5.41, 5.74) is 0. The highest BCUT2D eigenvalue weighted by Crippen LogP contribution is 2.22. The quantitative estimate of drug-likeness (QED) is 0.828. The van der Waals surface area contributed by atoms with Crippen LogP contribution in [0.25, 0.3) is 0 Å². The average Bonchev–Trinajstić information content (AvgIpc) is 2.47. The van der Waals surface area contributed by atoms with E-state index in [1.807, 2.05) is 13.8 Å². The Morgan fingerprint density at radius 1 is 1.15 bits per heavy atom. The van der Waals surface area contributed by atoms with Crippen LogP contribution in [0.1, 0.15) is 58.8 Å². The van der Waals surface area contributed by atoms with Gasteiger partial charge in [-0.25, -0.2) is 0 Å². The van der Waals surface area contributed by atoms with Crippen molar-refractivity contribution in [1.82, 2.24) is 10.2 Å². The Morgan fingerprint density at radius 3 is 2.50 bits per heavy atom. The van der Waals surface area contributed by atoms with E-state index in [9.17, 15) is 9.90 Å². The zero-order valence-electron chi connectivity index (χ0n) is 13.0. The number of carbonyl (C=O) groups is 1. The van der Waals surface area contributed by atoms with Crippen LogP contribution < -0.4 is 5.32 Å². The Hall–Kier alpha value is -0.610. The monoisotopic (exact) mass is 282 g/mol. The lowest BCUT2D eigenvalue weighted by atomic mass is 9.92. The van der Waals surface area contributed by atoms with Gasteiger partial charge < -0.3 is 10.4 Å². The molecule has 2 aliphatic rings. The highest BCUT2D eigenvalue weighted by molar-refractivity contribution is 5.81. The van der Waals surface area contributed by atoms with E-state index < -0.39 is 0 Å². The second kappa shape index (κ2) is 7.41. The molecular weight excluding hydrogens is 252 g/mol. The fraction of sp³-hybridized carbons (Fsp3) is 0.938. The number of carbonyl (C=O) groups excluding carboxylic acids is 1. The Labute approximate surface area is 122 Å². The second-order valence-corrected chi connectivity index (χ2v) is 6.66. The Morgan fingerprint density at radius 2 is 1.85 bits per heavy atom. The van der Waals surface area contributed by atoms with Crippen LogP contribution in [0, 0.1) is 5.92 Å². The smallest absolute Gasteiger partial charge is 0.237 e. The molecule has 1 amide bonds. The summed E-state index contributed by atoms with van der Waals surface area (Å²) in [5, 5.41) is 13.0. The van der Waals surface area contributed by atoms with E-state index in [-0.39, 0.29) is 18.1 Å². The summed E-state index contributed by atoms with van der Waals surface area (Å²) in [5.74, 6) is 0.483. The van der Waals surface area contributed by atoms with Gasteiger partial charge in [-0.1, -0.05) is 19.3 Å². The Balaban J connectivity index is 1.82. The number of hydrogen-bond donors (Lipinski definition) is 2. The number of amides is 1. The van der Waals surface area contributed by atoms with Gasteiger partial charge >= 0.3 is 0 Å². The summed E-state index contributed by atoms with van der Waals surface area (Å²) in [6.07, 6.45) is 7.95. The van der Waals surface area contributed by atoms with Gasteiger partial charge in [-0.15, -0.1) is 0 Å². The number of aliphatic hydroxyl groups is 1. The molecule has 0 aromatic heterocycles. The van der Waals surface area contributed by atoms with Crippen LogP contribution in [0.2, 0.25) is 0 Å². The summed E-state index contributed by atoms with van der Waals surface area (Å²) >= 11 is 0. The molecule has 4 nitrogen and oxygen atoms in total. The lowest BCUT2D eigenvalue weighted by molar-refractivity contribution is -0.127. The first kappa shape index (κ1) is 15.8. The molecule has 1 aliphatic carbocycles. The Kier molecular flexibility index (Phi) is 5.85. The lowest BCUT2D eigenvalue weighted by Gasteiger charge is -2.37. The van der Waals surface area contributed by atoms with Gasteiger partial charge in [-0.3, -0.25) is 9.69 Å². The summed E-state index contributed by atoms with van der Waals surface area (Å²) in [6.45, 7) is 5.68. The standard InChI is InChI=1S/C16H30N2O2/c1-12(16(20)17-15-8-4-3-5-9-15)18-10-6-7-14(11-18)13(2)19/h12-15,19H,3-11H2,1-2H3,(H,17,20). The zero-order valence-corrected chi connectivity index (χ0v) is 13.0. The average molecular weight is 282 g/mol. The first-order valence-corrected chi connectivity index (χ1v) is 8.30. The van der Waals surface area contributed by atoms with Crippen molar-refractivity contribution in [2.24, 2.45) is 5.92 Å². The molecule has 2 N–H and O–H groups in total. The zero-order chi connectivity index (χ0) is 14.5. The molecule has 1 heterocycles. The van der Waals surface area contributed by atoms with Gasteiger partial charge in [-0.2, -0.15) is 0 Å². The summed E-state index contributed by atoms with van der Waals surface area (Å²) in [6, 6.07) is 0.314. The fourth-order valence-electron chi connectivity index (χ4n) is 3.52. The maximum atomic E-state index is 12.4. The minimum absolute atomic E-state index is 0.0709. The van der Waals surface area contributed by atoms with E-state index in [1.54, 1.807) is 0 Å². The van der Waals surface area contributed by atoms with Crippen molar-refractivity contribution in [2.45, 2.75) is 77.0 Å². The van der Waals surface area contributed by atoms with Gasteiger partial charge in [0.1, 0.15) is 0 Å². The van der Waals surface area contributed by atoms with Crippen molar-refractivity contribution in [3.8, 4) is 0 Å². The van der Waals surface area contributed by atoms with Crippen LogP contribution >= 0.6 is 0 Å². The molecular formula is C16H30N2O2. The molecule has 2 fully saturated rings. The minimum atomic E-state index is -0.272. The normalized spacial score (nSPS) is 28.9. The molecule has 0 aromatic rings. The van der Waals surface area contributed by atoms with Gasteiger partial charge in [0, 0.05) is 12.6 Å². The maximum Gasteiger partial charge on any atom is 0.237 e. The summed E-state index contributed by atoms with van der Waals surface area (Å²) in [7, 11) is 0. The van der Waals surface area contributed by atoms with Crippen molar-refractivity contribution in [1.29, 1.82) is 0 Å². The van der Waals surface area contributed by atoms with Crippen LogP contribution in [0.4, 0.5) is 0 Å². The third kappa shape index (κ3) is 4.19. The third-order valence-electron chi connectivity index (χ3n) is 5.05. The van der Waals surface area contributed by atoms with Gasteiger partial charge in [-0.05, 0) is 52.0 Å². The third-order valence-corrected chi connectivity index (χ3v) is 5.05. The highest BCUT2D eigenvalue weighted by Gasteiger charge is 2.30. The van der Waals surface area contributed by atoms with Crippen molar-refractivity contribution in [2.75, 3.05) is 13.1 Å². The van der Waals surface area contributed by atoms with E-state index in [4.69, 9.17) is 0 Å². The molecule has 3 unspecified atom stereocenters. The lowest BCUT2D eigenvalue weighted by Crippen LogP contribution is -2.52. The molecule has 1 saturated heterocycles. The number of nitrogens with zero attached hydrogens (tertiary/aromatic N) is 1.